The Labute approximate surface area is 159 Å². The molecular formula is C17H20IN5O2. The van der Waals surface area contributed by atoms with Crippen LogP contribution in [0.3, 0.4) is 0 Å². The molecule has 1 saturated carbocycles. The first-order valence-electron chi connectivity index (χ1n) is 8.42. The van der Waals surface area contributed by atoms with E-state index in [1.807, 2.05) is 24.3 Å². The fourth-order valence-electron chi connectivity index (χ4n) is 3.04. The Bertz CT molecular complexity index is 730. The van der Waals surface area contributed by atoms with Crippen molar-refractivity contribution >= 4 is 45.6 Å². The van der Waals surface area contributed by atoms with Crippen LogP contribution in [0.25, 0.3) is 0 Å². The minimum atomic E-state index is -0.423. The Morgan fingerprint density at radius 1 is 1.04 bits per heavy atom. The summed E-state index contributed by atoms with van der Waals surface area (Å²) in [5, 5.41) is 17.9. The molecule has 0 bridgehead atoms. The fraction of sp³-hybridized carbons (Fsp3) is 0.412. The van der Waals surface area contributed by atoms with Crippen LogP contribution in [0.5, 0.6) is 0 Å². The first kappa shape index (κ1) is 17.8. The molecule has 1 aromatic carbocycles. The SMILES string of the molecule is O=[N+]([O-])c1c(Nc2ccc(I)cc2)ncnc1NC1CCCCCC1. The lowest BCUT2D eigenvalue weighted by Gasteiger charge is -2.17. The van der Waals surface area contributed by atoms with E-state index in [1.54, 1.807) is 0 Å². The molecule has 0 radical (unpaired) electrons. The zero-order valence-corrected chi connectivity index (χ0v) is 15.9. The van der Waals surface area contributed by atoms with Gasteiger partial charge in [-0.2, -0.15) is 0 Å². The van der Waals surface area contributed by atoms with E-state index >= 15 is 0 Å². The average molecular weight is 453 g/mol. The highest BCUT2D eigenvalue weighted by atomic mass is 127. The summed E-state index contributed by atoms with van der Waals surface area (Å²) in [6.07, 6.45) is 8.13. The smallest absolute Gasteiger partial charge is 0.353 e. The Kier molecular flexibility index (Phi) is 6.00. The monoisotopic (exact) mass is 453 g/mol. The maximum Gasteiger partial charge on any atom is 0.353 e. The number of rotatable bonds is 5. The predicted octanol–water partition coefficient (Wildman–Crippen LogP) is 4.87. The quantitative estimate of drug-likeness (QED) is 0.291. The molecule has 1 aromatic heterocycles. The first-order chi connectivity index (χ1) is 12.1. The van der Waals surface area contributed by atoms with Gasteiger partial charge < -0.3 is 10.6 Å². The molecule has 0 atom stereocenters. The van der Waals surface area contributed by atoms with Crippen LogP contribution in [0, 0.1) is 13.7 Å². The molecule has 1 aliphatic carbocycles. The summed E-state index contributed by atoms with van der Waals surface area (Å²) in [6, 6.07) is 7.82. The number of nitrogens with zero attached hydrogens (tertiary/aromatic N) is 3. The Hall–Kier alpha value is -1.97. The number of nitro groups is 1. The Balaban J connectivity index is 1.85. The maximum absolute atomic E-state index is 11.6. The average Bonchev–Trinajstić information content (AvgIpc) is 2.85. The molecule has 1 fully saturated rings. The van der Waals surface area contributed by atoms with Crippen LogP contribution in [0.15, 0.2) is 30.6 Å². The molecule has 0 saturated heterocycles. The summed E-state index contributed by atoms with van der Waals surface area (Å²) < 4.78 is 1.09. The van der Waals surface area contributed by atoms with Crippen molar-refractivity contribution in [3.63, 3.8) is 0 Å². The Morgan fingerprint density at radius 3 is 2.32 bits per heavy atom. The van der Waals surface area contributed by atoms with Gasteiger partial charge in [-0.3, -0.25) is 10.1 Å². The number of hydrogen-bond donors (Lipinski definition) is 2. The molecule has 1 heterocycles. The lowest BCUT2D eigenvalue weighted by Crippen LogP contribution is -2.20. The van der Waals surface area contributed by atoms with Crippen LogP contribution in [0.1, 0.15) is 38.5 Å². The zero-order chi connectivity index (χ0) is 17.6. The van der Waals surface area contributed by atoms with Crippen molar-refractivity contribution in [3.8, 4) is 0 Å². The van der Waals surface area contributed by atoms with Crippen LogP contribution in [-0.2, 0) is 0 Å². The van der Waals surface area contributed by atoms with Gasteiger partial charge in [0.15, 0.2) is 0 Å². The highest BCUT2D eigenvalue weighted by molar-refractivity contribution is 14.1. The van der Waals surface area contributed by atoms with E-state index in [-0.39, 0.29) is 17.5 Å². The van der Waals surface area contributed by atoms with E-state index in [4.69, 9.17) is 0 Å². The second kappa shape index (κ2) is 8.41. The summed E-state index contributed by atoms with van der Waals surface area (Å²) in [7, 11) is 0. The molecule has 2 N–H and O–H groups in total. The third-order valence-electron chi connectivity index (χ3n) is 4.31. The van der Waals surface area contributed by atoms with Crippen LogP contribution in [0.2, 0.25) is 0 Å². The summed E-state index contributed by atoms with van der Waals surface area (Å²) in [6.45, 7) is 0. The molecule has 8 heteroatoms. The number of anilines is 3. The van der Waals surface area contributed by atoms with Gasteiger partial charge in [-0.15, -0.1) is 0 Å². The largest absolute Gasteiger partial charge is 0.361 e. The van der Waals surface area contributed by atoms with E-state index in [2.05, 4.69) is 43.2 Å². The molecule has 2 aromatic rings. The standard InChI is InChI=1S/C17H20IN5O2/c18-12-7-9-14(10-8-12)22-17-15(23(24)25)16(19-11-20-17)21-13-5-3-1-2-4-6-13/h7-11,13H,1-6H2,(H2,19,20,21,22). The molecule has 132 valence electrons. The van der Waals surface area contributed by atoms with E-state index in [0.29, 0.717) is 5.82 Å². The van der Waals surface area contributed by atoms with Crippen molar-refractivity contribution < 1.29 is 4.92 Å². The van der Waals surface area contributed by atoms with E-state index in [0.717, 1.165) is 34.9 Å². The van der Waals surface area contributed by atoms with Crippen LogP contribution in [-0.4, -0.2) is 20.9 Å². The van der Waals surface area contributed by atoms with Crippen LogP contribution < -0.4 is 10.6 Å². The number of hydrogen-bond acceptors (Lipinski definition) is 6. The van der Waals surface area contributed by atoms with Crippen molar-refractivity contribution in [1.82, 2.24) is 9.97 Å². The van der Waals surface area contributed by atoms with Crippen LogP contribution >= 0.6 is 22.6 Å². The number of benzene rings is 1. The number of nitrogens with one attached hydrogen (secondary N) is 2. The van der Waals surface area contributed by atoms with E-state index in [9.17, 15) is 10.1 Å². The second-order valence-electron chi connectivity index (χ2n) is 6.14. The summed E-state index contributed by atoms with van der Waals surface area (Å²) in [4.78, 5) is 19.4. The fourth-order valence-corrected chi connectivity index (χ4v) is 3.40. The van der Waals surface area contributed by atoms with Crippen molar-refractivity contribution in [2.24, 2.45) is 0 Å². The highest BCUT2D eigenvalue weighted by Gasteiger charge is 2.25. The third-order valence-corrected chi connectivity index (χ3v) is 5.03. The summed E-state index contributed by atoms with van der Waals surface area (Å²) >= 11 is 2.21. The highest BCUT2D eigenvalue weighted by Crippen LogP contribution is 2.33. The molecule has 3 rings (SSSR count). The first-order valence-corrected chi connectivity index (χ1v) is 9.50. The molecular weight excluding hydrogens is 433 g/mol. The normalized spacial score (nSPS) is 15.4. The van der Waals surface area contributed by atoms with Gasteiger partial charge in [-0.05, 0) is 59.7 Å². The zero-order valence-electron chi connectivity index (χ0n) is 13.7. The van der Waals surface area contributed by atoms with Gasteiger partial charge in [0, 0.05) is 15.3 Å². The van der Waals surface area contributed by atoms with Crippen molar-refractivity contribution in [3.05, 3.63) is 44.3 Å². The molecule has 0 aliphatic heterocycles. The molecule has 1 aliphatic rings. The minimum absolute atomic E-state index is 0.106. The molecule has 0 unspecified atom stereocenters. The minimum Gasteiger partial charge on any atom is -0.361 e. The van der Waals surface area contributed by atoms with Crippen molar-refractivity contribution in [1.29, 1.82) is 0 Å². The Morgan fingerprint density at radius 2 is 1.68 bits per heavy atom. The number of aromatic nitrogens is 2. The predicted molar refractivity (Wildman–Crippen MR) is 106 cm³/mol. The van der Waals surface area contributed by atoms with Gasteiger partial charge in [0.05, 0.1) is 4.92 Å². The van der Waals surface area contributed by atoms with Gasteiger partial charge in [0.2, 0.25) is 11.6 Å². The van der Waals surface area contributed by atoms with E-state index in [1.165, 1.54) is 19.2 Å². The number of halogens is 1. The lowest BCUT2D eigenvalue weighted by molar-refractivity contribution is -0.383. The van der Waals surface area contributed by atoms with E-state index < -0.39 is 4.92 Å². The van der Waals surface area contributed by atoms with Gasteiger partial charge in [0.1, 0.15) is 6.33 Å². The van der Waals surface area contributed by atoms with Crippen molar-refractivity contribution in [2.45, 2.75) is 44.6 Å². The lowest BCUT2D eigenvalue weighted by atomic mass is 10.1. The molecule has 0 amide bonds. The summed E-state index contributed by atoms with van der Waals surface area (Å²) in [5.41, 5.74) is 0.646. The topological polar surface area (TPSA) is 93.0 Å². The molecule has 0 spiro atoms. The van der Waals surface area contributed by atoms with Crippen LogP contribution in [0.4, 0.5) is 23.0 Å². The van der Waals surface area contributed by atoms with Gasteiger partial charge >= 0.3 is 5.69 Å². The maximum atomic E-state index is 11.6. The van der Waals surface area contributed by atoms with Gasteiger partial charge in [0.25, 0.3) is 0 Å². The summed E-state index contributed by atoms with van der Waals surface area (Å²) in [5.74, 6) is 0.497. The van der Waals surface area contributed by atoms with Crippen molar-refractivity contribution in [2.75, 3.05) is 10.6 Å². The third kappa shape index (κ3) is 4.77. The van der Waals surface area contributed by atoms with Gasteiger partial charge in [-0.25, -0.2) is 9.97 Å². The molecule has 7 nitrogen and oxygen atoms in total. The second-order valence-corrected chi connectivity index (χ2v) is 7.39. The van der Waals surface area contributed by atoms with Gasteiger partial charge in [-0.1, -0.05) is 25.7 Å². The molecule has 25 heavy (non-hydrogen) atoms.